The summed E-state index contributed by atoms with van der Waals surface area (Å²) in [5.74, 6) is 0. The number of nitrogens with one attached hydrogen (secondary N) is 1. The second-order valence-electron chi connectivity index (χ2n) is 4.08. The molecule has 1 rings (SSSR count). The van der Waals surface area contributed by atoms with Crippen molar-refractivity contribution in [3.63, 3.8) is 0 Å². The lowest BCUT2D eigenvalue weighted by molar-refractivity contribution is 0.176. The zero-order valence-corrected chi connectivity index (χ0v) is 7.41. The highest BCUT2D eigenvalue weighted by Gasteiger charge is 2.30. The van der Waals surface area contributed by atoms with E-state index in [1.807, 2.05) is 0 Å². The fourth-order valence-corrected chi connectivity index (χ4v) is 2.03. The van der Waals surface area contributed by atoms with Crippen molar-refractivity contribution >= 4 is 0 Å². The smallest absolute Gasteiger partial charge is 0.0115 e. The summed E-state index contributed by atoms with van der Waals surface area (Å²) >= 11 is 0. The molecule has 0 heterocycles. The Hall–Kier alpha value is -0.0400. The molecule has 0 aromatic rings. The summed E-state index contributed by atoms with van der Waals surface area (Å²) in [5, 5.41) is 3.39. The average Bonchev–Trinajstić information content (AvgIpc) is 1.87. The second kappa shape index (κ2) is 2.91. The second-order valence-corrected chi connectivity index (χ2v) is 4.08. The van der Waals surface area contributed by atoms with Crippen molar-refractivity contribution in [2.24, 2.45) is 5.41 Å². The minimum atomic E-state index is 0.535. The van der Waals surface area contributed by atoms with Crippen LogP contribution in [0.2, 0.25) is 0 Å². The summed E-state index contributed by atoms with van der Waals surface area (Å²) in [6.45, 7) is 4.74. The minimum absolute atomic E-state index is 0.535. The van der Waals surface area contributed by atoms with Gasteiger partial charge in [0, 0.05) is 6.04 Å². The number of hydrogen-bond acceptors (Lipinski definition) is 1. The molecule has 0 amide bonds. The zero-order chi connectivity index (χ0) is 7.61. The summed E-state index contributed by atoms with van der Waals surface area (Å²) in [7, 11) is 2.08. The first-order valence-corrected chi connectivity index (χ1v) is 4.34. The Morgan fingerprint density at radius 2 is 2.00 bits per heavy atom. The summed E-state index contributed by atoms with van der Waals surface area (Å²) in [6.07, 6.45) is 5.59. The van der Waals surface area contributed by atoms with Gasteiger partial charge in [0.15, 0.2) is 0 Å². The van der Waals surface area contributed by atoms with E-state index < -0.39 is 0 Å². The molecular weight excluding hydrogens is 122 g/mol. The first-order valence-electron chi connectivity index (χ1n) is 4.34. The predicted octanol–water partition coefficient (Wildman–Crippen LogP) is 2.17. The largest absolute Gasteiger partial charge is 0.316 e. The van der Waals surface area contributed by atoms with Crippen LogP contribution in [-0.2, 0) is 0 Å². The first-order chi connectivity index (χ1) is 4.67. The summed E-state index contributed by atoms with van der Waals surface area (Å²) in [5.41, 5.74) is 0.535. The Kier molecular flexibility index (Phi) is 2.35. The van der Waals surface area contributed by atoms with Gasteiger partial charge in [-0.3, -0.25) is 0 Å². The molecule has 1 aliphatic rings. The van der Waals surface area contributed by atoms with Crippen LogP contribution in [0.4, 0.5) is 0 Å². The van der Waals surface area contributed by atoms with E-state index in [1.165, 1.54) is 25.7 Å². The molecule has 0 aliphatic heterocycles. The van der Waals surface area contributed by atoms with Crippen molar-refractivity contribution in [3.8, 4) is 0 Å². The van der Waals surface area contributed by atoms with Crippen LogP contribution in [0.5, 0.6) is 0 Å². The molecule has 0 spiro atoms. The van der Waals surface area contributed by atoms with Gasteiger partial charge in [-0.15, -0.1) is 0 Å². The normalized spacial score (nSPS) is 32.1. The maximum Gasteiger partial charge on any atom is 0.0115 e. The molecule has 1 nitrogen and oxygen atoms in total. The SMILES string of the molecule is CNC1CCCCC1(C)C. The van der Waals surface area contributed by atoms with Crippen LogP contribution in [0, 0.1) is 5.41 Å². The lowest BCUT2D eigenvalue weighted by Gasteiger charge is -2.38. The van der Waals surface area contributed by atoms with Gasteiger partial charge >= 0.3 is 0 Å². The molecule has 10 heavy (non-hydrogen) atoms. The van der Waals surface area contributed by atoms with Gasteiger partial charge < -0.3 is 5.32 Å². The van der Waals surface area contributed by atoms with E-state index in [1.54, 1.807) is 0 Å². The van der Waals surface area contributed by atoms with E-state index in [4.69, 9.17) is 0 Å². The van der Waals surface area contributed by atoms with Crippen molar-refractivity contribution in [3.05, 3.63) is 0 Å². The van der Waals surface area contributed by atoms with Crippen LogP contribution < -0.4 is 5.32 Å². The lowest BCUT2D eigenvalue weighted by Crippen LogP contribution is -2.42. The third-order valence-corrected chi connectivity index (χ3v) is 2.86. The third-order valence-electron chi connectivity index (χ3n) is 2.86. The van der Waals surface area contributed by atoms with Crippen LogP contribution in [-0.4, -0.2) is 13.1 Å². The highest BCUT2D eigenvalue weighted by molar-refractivity contribution is 4.86. The Bertz CT molecular complexity index is 107. The average molecular weight is 141 g/mol. The molecule has 1 aliphatic carbocycles. The lowest BCUT2D eigenvalue weighted by atomic mass is 9.73. The topological polar surface area (TPSA) is 12.0 Å². The third kappa shape index (κ3) is 1.51. The monoisotopic (exact) mass is 141 g/mol. The van der Waals surface area contributed by atoms with Gasteiger partial charge in [0.05, 0.1) is 0 Å². The molecule has 0 bridgehead atoms. The molecule has 1 atom stereocenters. The van der Waals surface area contributed by atoms with Gasteiger partial charge in [0.1, 0.15) is 0 Å². The van der Waals surface area contributed by atoms with E-state index in [9.17, 15) is 0 Å². The van der Waals surface area contributed by atoms with E-state index in [0.29, 0.717) is 5.41 Å². The van der Waals surface area contributed by atoms with Gasteiger partial charge in [-0.05, 0) is 25.3 Å². The van der Waals surface area contributed by atoms with E-state index in [-0.39, 0.29) is 0 Å². The van der Waals surface area contributed by atoms with Crippen molar-refractivity contribution < 1.29 is 0 Å². The molecule has 0 saturated heterocycles. The Morgan fingerprint density at radius 3 is 2.40 bits per heavy atom. The van der Waals surface area contributed by atoms with E-state index in [2.05, 4.69) is 26.2 Å². The van der Waals surface area contributed by atoms with Crippen molar-refractivity contribution in [1.29, 1.82) is 0 Å². The van der Waals surface area contributed by atoms with Crippen LogP contribution in [0.1, 0.15) is 39.5 Å². The molecule has 0 aromatic carbocycles. The molecule has 1 saturated carbocycles. The Labute approximate surface area is 64.2 Å². The van der Waals surface area contributed by atoms with Crippen LogP contribution in [0.15, 0.2) is 0 Å². The minimum Gasteiger partial charge on any atom is -0.316 e. The first kappa shape index (κ1) is 8.06. The maximum atomic E-state index is 3.39. The Morgan fingerprint density at radius 1 is 1.30 bits per heavy atom. The van der Waals surface area contributed by atoms with Crippen LogP contribution in [0.3, 0.4) is 0 Å². The summed E-state index contributed by atoms with van der Waals surface area (Å²) in [6, 6.07) is 0.751. The zero-order valence-electron chi connectivity index (χ0n) is 7.41. The fourth-order valence-electron chi connectivity index (χ4n) is 2.03. The standard InChI is InChI=1S/C9H19N/c1-9(2)7-5-4-6-8(9)10-3/h8,10H,4-7H2,1-3H3. The number of rotatable bonds is 1. The molecule has 0 aromatic heterocycles. The molecule has 1 unspecified atom stereocenters. The van der Waals surface area contributed by atoms with Crippen LogP contribution in [0.25, 0.3) is 0 Å². The quantitative estimate of drug-likeness (QED) is 0.590. The molecular formula is C9H19N. The fraction of sp³-hybridized carbons (Fsp3) is 1.00. The molecule has 1 heteroatoms. The van der Waals surface area contributed by atoms with Gasteiger partial charge in [-0.2, -0.15) is 0 Å². The number of hydrogen-bond donors (Lipinski definition) is 1. The Balaban J connectivity index is 2.51. The summed E-state index contributed by atoms with van der Waals surface area (Å²) < 4.78 is 0. The summed E-state index contributed by atoms with van der Waals surface area (Å²) in [4.78, 5) is 0. The van der Waals surface area contributed by atoms with E-state index in [0.717, 1.165) is 6.04 Å². The van der Waals surface area contributed by atoms with Crippen LogP contribution >= 0.6 is 0 Å². The van der Waals surface area contributed by atoms with E-state index >= 15 is 0 Å². The molecule has 60 valence electrons. The maximum absolute atomic E-state index is 3.39. The van der Waals surface area contributed by atoms with Gasteiger partial charge in [0.2, 0.25) is 0 Å². The predicted molar refractivity (Wildman–Crippen MR) is 45.1 cm³/mol. The molecule has 1 fully saturated rings. The van der Waals surface area contributed by atoms with Crippen molar-refractivity contribution in [2.75, 3.05) is 7.05 Å². The van der Waals surface area contributed by atoms with Crippen molar-refractivity contribution in [1.82, 2.24) is 5.32 Å². The van der Waals surface area contributed by atoms with Gasteiger partial charge in [-0.25, -0.2) is 0 Å². The van der Waals surface area contributed by atoms with Gasteiger partial charge in [0.25, 0.3) is 0 Å². The molecule has 1 N–H and O–H groups in total. The highest BCUT2D eigenvalue weighted by atomic mass is 14.9. The van der Waals surface area contributed by atoms with Crippen molar-refractivity contribution in [2.45, 2.75) is 45.6 Å². The molecule has 0 radical (unpaired) electrons. The highest BCUT2D eigenvalue weighted by Crippen LogP contribution is 2.34. The van der Waals surface area contributed by atoms with Gasteiger partial charge in [-0.1, -0.05) is 26.7 Å².